The fourth-order valence-corrected chi connectivity index (χ4v) is 1.62. The molecule has 0 aromatic carbocycles. The molecule has 0 saturated carbocycles. The lowest BCUT2D eigenvalue weighted by Gasteiger charge is -1.98. The summed E-state index contributed by atoms with van der Waals surface area (Å²) < 4.78 is 0. The van der Waals surface area contributed by atoms with E-state index >= 15 is 0 Å². The molecule has 18 heavy (non-hydrogen) atoms. The minimum Gasteiger partial charge on any atom is -0.377 e. The van der Waals surface area contributed by atoms with Crippen molar-refractivity contribution < 1.29 is 5.11 Å². The van der Waals surface area contributed by atoms with Gasteiger partial charge in [-0.2, -0.15) is 0 Å². The summed E-state index contributed by atoms with van der Waals surface area (Å²) in [5, 5.41) is 9.06. The number of rotatable bonds is 9. The van der Waals surface area contributed by atoms with Gasteiger partial charge in [0.1, 0.15) is 6.10 Å². The molecule has 100 valence electrons. The Labute approximate surface area is 113 Å². The van der Waals surface area contributed by atoms with E-state index in [4.69, 9.17) is 5.11 Å². The van der Waals surface area contributed by atoms with Crippen molar-refractivity contribution in [3.8, 4) is 23.7 Å². The summed E-state index contributed by atoms with van der Waals surface area (Å²) in [5.74, 6) is 11.0. The summed E-state index contributed by atoms with van der Waals surface area (Å²) in [7, 11) is 0. The van der Waals surface area contributed by atoms with Gasteiger partial charge >= 0.3 is 0 Å². The van der Waals surface area contributed by atoms with E-state index < -0.39 is 6.10 Å². The molecule has 0 spiro atoms. The van der Waals surface area contributed by atoms with E-state index in [1.54, 1.807) is 0 Å². The van der Waals surface area contributed by atoms with E-state index in [1.165, 1.54) is 51.0 Å². The lowest BCUT2D eigenvalue weighted by molar-refractivity contribution is 0.281. The SMILES string of the molecule is C=CC(O)C#CC#CCCCCCCCCCC. The second-order valence-corrected chi connectivity index (χ2v) is 4.48. The maximum absolute atomic E-state index is 9.06. The van der Waals surface area contributed by atoms with Crippen LogP contribution in [0.1, 0.15) is 64.7 Å². The van der Waals surface area contributed by atoms with Gasteiger partial charge in [-0.1, -0.05) is 76.4 Å². The van der Waals surface area contributed by atoms with Gasteiger partial charge in [0.05, 0.1) is 0 Å². The molecule has 0 radical (unpaired) electrons. The summed E-state index contributed by atoms with van der Waals surface area (Å²) >= 11 is 0. The zero-order valence-corrected chi connectivity index (χ0v) is 11.7. The minimum absolute atomic E-state index is 0.748. The summed E-state index contributed by atoms with van der Waals surface area (Å²) in [6, 6.07) is 0. The minimum atomic E-state index is -0.748. The Morgan fingerprint density at radius 2 is 1.61 bits per heavy atom. The fraction of sp³-hybridized carbons (Fsp3) is 0.647. The van der Waals surface area contributed by atoms with Gasteiger partial charge in [0.15, 0.2) is 0 Å². The van der Waals surface area contributed by atoms with Crippen molar-refractivity contribution in [2.45, 2.75) is 70.8 Å². The molecule has 1 nitrogen and oxygen atoms in total. The van der Waals surface area contributed by atoms with Gasteiger partial charge in [-0.25, -0.2) is 0 Å². The van der Waals surface area contributed by atoms with Crippen LogP contribution in [0.5, 0.6) is 0 Å². The van der Waals surface area contributed by atoms with Crippen molar-refractivity contribution in [2.24, 2.45) is 0 Å². The van der Waals surface area contributed by atoms with Crippen LogP contribution >= 0.6 is 0 Å². The van der Waals surface area contributed by atoms with Crippen LogP contribution in [-0.2, 0) is 0 Å². The standard InChI is InChI=1S/C17H26O/c1-3-5-6-7-8-9-10-11-12-13-14-15-16-17(18)4-2/h4,17-18H,2-3,5-12H2,1H3. The number of aliphatic hydroxyl groups excluding tert-OH is 1. The molecule has 1 heteroatoms. The third kappa shape index (κ3) is 12.9. The molecule has 1 atom stereocenters. The zero-order valence-electron chi connectivity index (χ0n) is 11.7. The molecule has 0 heterocycles. The van der Waals surface area contributed by atoms with Crippen LogP contribution in [-0.4, -0.2) is 11.2 Å². The van der Waals surface area contributed by atoms with Crippen LogP contribution in [0.25, 0.3) is 0 Å². The van der Waals surface area contributed by atoms with Crippen molar-refractivity contribution >= 4 is 0 Å². The number of aliphatic hydroxyl groups is 1. The van der Waals surface area contributed by atoms with Crippen LogP contribution in [0.2, 0.25) is 0 Å². The highest BCUT2D eigenvalue weighted by Gasteiger charge is 1.90. The molecular formula is C17H26O. The Balaban J connectivity index is 3.32. The average Bonchev–Trinajstić information content (AvgIpc) is 2.39. The molecule has 0 aliphatic heterocycles. The highest BCUT2D eigenvalue weighted by Crippen LogP contribution is 2.08. The first-order chi connectivity index (χ1) is 8.81. The Kier molecular flexibility index (Phi) is 13.0. The molecule has 0 aliphatic rings. The third-order valence-electron chi connectivity index (χ3n) is 2.75. The monoisotopic (exact) mass is 246 g/mol. The molecule has 0 aromatic rings. The topological polar surface area (TPSA) is 20.2 Å². The fourth-order valence-electron chi connectivity index (χ4n) is 1.62. The normalized spacial score (nSPS) is 10.8. The second-order valence-electron chi connectivity index (χ2n) is 4.48. The number of hydrogen-bond acceptors (Lipinski definition) is 1. The van der Waals surface area contributed by atoms with Crippen molar-refractivity contribution in [1.29, 1.82) is 0 Å². The van der Waals surface area contributed by atoms with E-state index in [0.29, 0.717) is 0 Å². The largest absolute Gasteiger partial charge is 0.377 e. The molecule has 1 unspecified atom stereocenters. The van der Waals surface area contributed by atoms with E-state index in [9.17, 15) is 0 Å². The highest BCUT2D eigenvalue weighted by molar-refractivity contribution is 5.28. The van der Waals surface area contributed by atoms with E-state index in [0.717, 1.165) is 12.8 Å². The summed E-state index contributed by atoms with van der Waals surface area (Å²) in [6.45, 7) is 5.68. The molecular weight excluding hydrogens is 220 g/mol. The van der Waals surface area contributed by atoms with E-state index in [2.05, 4.69) is 37.2 Å². The van der Waals surface area contributed by atoms with Crippen molar-refractivity contribution in [3.05, 3.63) is 12.7 Å². The Morgan fingerprint density at radius 3 is 2.22 bits per heavy atom. The smallest absolute Gasteiger partial charge is 0.134 e. The van der Waals surface area contributed by atoms with Crippen molar-refractivity contribution in [3.63, 3.8) is 0 Å². The molecule has 0 bridgehead atoms. The molecule has 0 fully saturated rings. The predicted molar refractivity (Wildman–Crippen MR) is 79.0 cm³/mol. The zero-order chi connectivity index (χ0) is 13.5. The Morgan fingerprint density at radius 1 is 1.00 bits per heavy atom. The first-order valence-corrected chi connectivity index (χ1v) is 7.10. The van der Waals surface area contributed by atoms with Crippen molar-refractivity contribution in [2.75, 3.05) is 0 Å². The van der Waals surface area contributed by atoms with Gasteiger partial charge in [0.25, 0.3) is 0 Å². The van der Waals surface area contributed by atoms with Crippen LogP contribution in [0.4, 0.5) is 0 Å². The Hall–Kier alpha value is -1.18. The average molecular weight is 246 g/mol. The molecule has 0 saturated heterocycles. The number of unbranched alkanes of at least 4 members (excludes halogenated alkanes) is 8. The van der Waals surface area contributed by atoms with Gasteiger partial charge in [-0.3, -0.25) is 0 Å². The van der Waals surface area contributed by atoms with E-state index in [1.807, 2.05) is 0 Å². The highest BCUT2D eigenvalue weighted by atomic mass is 16.3. The molecule has 0 rings (SSSR count). The van der Waals surface area contributed by atoms with Gasteiger partial charge in [-0.05, 0) is 18.3 Å². The first-order valence-electron chi connectivity index (χ1n) is 7.10. The van der Waals surface area contributed by atoms with Gasteiger partial charge < -0.3 is 5.11 Å². The van der Waals surface area contributed by atoms with E-state index in [-0.39, 0.29) is 0 Å². The van der Waals surface area contributed by atoms with Crippen molar-refractivity contribution in [1.82, 2.24) is 0 Å². The summed E-state index contributed by atoms with van der Waals surface area (Å²) in [5.41, 5.74) is 0. The van der Waals surface area contributed by atoms with Gasteiger partial charge in [0, 0.05) is 6.42 Å². The van der Waals surface area contributed by atoms with Crippen LogP contribution < -0.4 is 0 Å². The summed E-state index contributed by atoms with van der Waals surface area (Å²) in [4.78, 5) is 0. The molecule has 1 N–H and O–H groups in total. The summed E-state index contributed by atoms with van der Waals surface area (Å²) in [6.07, 6.45) is 12.1. The Bertz CT molecular complexity index is 308. The number of hydrogen-bond donors (Lipinski definition) is 1. The molecule has 0 amide bonds. The maximum Gasteiger partial charge on any atom is 0.134 e. The second kappa shape index (κ2) is 13.9. The maximum atomic E-state index is 9.06. The molecule has 0 aromatic heterocycles. The quantitative estimate of drug-likeness (QED) is 0.369. The third-order valence-corrected chi connectivity index (χ3v) is 2.75. The van der Waals surface area contributed by atoms with Crippen LogP contribution in [0.15, 0.2) is 12.7 Å². The van der Waals surface area contributed by atoms with Gasteiger partial charge in [-0.15, -0.1) is 0 Å². The van der Waals surface area contributed by atoms with Crippen LogP contribution in [0.3, 0.4) is 0 Å². The lowest BCUT2D eigenvalue weighted by atomic mass is 10.1. The lowest BCUT2D eigenvalue weighted by Crippen LogP contribution is -1.94. The first kappa shape index (κ1) is 16.8. The predicted octanol–water partition coefficient (Wildman–Crippen LogP) is 4.07. The molecule has 0 aliphatic carbocycles. The van der Waals surface area contributed by atoms with Gasteiger partial charge in [0.2, 0.25) is 0 Å². The van der Waals surface area contributed by atoms with Crippen LogP contribution in [0, 0.1) is 23.7 Å².